The molecule has 0 aromatic rings. The van der Waals surface area contributed by atoms with Crippen molar-refractivity contribution in [3.63, 3.8) is 0 Å². The van der Waals surface area contributed by atoms with Crippen LogP contribution in [0.5, 0.6) is 0 Å². The van der Waals surface area contributed by atoms with Gasteiger partial charge in [0.25, 0.3) is 0 Å². The average molecular weight is 194 g/mol. The molecule has 0 N–H and O–H groups in total. The molecular formula is C13H19F. The first-order valence-corrected chi connectivity index (χ1v) is 5.33. The Labute approximate surface area is 86.2 Å². The van der Waals surface area contributed by atoms with Gasteiger partial charge in [0.15, 0.2) is 0 Å². The van der Waals surface area contributed by atoms with E-state index >= 15 is 0 Å². The summed E-state index contributed by atoms with van der Waals surface area (Å²) < 4.78 is 12.0. The third-order valence-electron chi connectivity index (χ3n) is 3.10. The van der Waals surface area contributed by atoms with Crippen molar-refractivity contribution in [2.75, 3.05) is 0 Å². The van der Waals surface area contributed by atoms with Gasteiger partial charge in [-0.1, -0.05) is 38.0 Å². The molecule has 1 rings (SSSR count). The summed E-state index contributed by atoms with van der Waals surface area (Å²) >= 11 is 0. The molecule has 0 heterocycles. The maximum Gasteiger partial charge on any atom is 0.0867 e. The van der Waals surface area contributed by atoms with Crippen LogP contribution in [0.15, 0.2) is 36.2 Å². The molecule has 1 saturated carbocycles. The van der Waals surface area contributed by atoms with Crippen molar-refractivity contribution >= 4 is 0 Å². The molecule has 0 aromatic carbocycles. The van der Waals surface area contributed by atoms with Gasteiger partial charge in [-0.15, -0.1) is 0 Å². The molecule has 1 aliphatic carbocycles. The van der Waals surface area contributed by atoms with Gasteiger partial charge in [-0.3, -0.25) is 0 Å². The van der Waals surface area contributed by atoms with Crippen molar-refractivity contribution in [1.29, 1.82) is 0 Å². The van der Waals surface area contributed by atoms with E-state index in [0.717, 1.165) is 0 Å². The van der Waals surface area contributed by atoms with Crippen LogP contribution >= 0.6 is 0 Å². The second-order valence-electron chi connectivity index (χ2n) is 4.21. The van der Waals surface area contributed by atoms with Gasteiger partial charge in [0.05, 0.1) is 6.33 Å². The lowest BCUT2D eigenvalue weighted by atomic mass is 9.80. The Balaban J connectivity index is 2.86. The summed E-state index contributed by atoms with van der Waals surface area (Å²) in [6.45, 7) is 4.28. The standard InChI is InChI=1S/C13H19F/c1-3-7-12(8-6-11-14)13(2)9-4-5-10-13/h3,6-8,11H,4-5,9-10H2,1-2H3/b7-3-,11-6+,12-8+. The Hall–Kier alpha value is -0.850. The molecule has 0 aromatic heterocycles. The van der Waals surface area contributed by atoms with Gasteiger partial charge in [0, 0.05) is 0 Å². The monoisotopic (exact) mass is 194 g/mol. The third kappa shape index (κ3) is 2.57. The molecule has 1 heteroatoms. The Bertz CT molecular complexity index is 252. The molecule has 0 atom stereocenters. The van der Waals surface area contributed by atoms with Crippen molar-refractivity contribution in [1.82, 2.24) is 0 Å². The van der Waals surface area contributed by atoms with E-state index in [1.54, 1.807) is 0 Å². The zero-order chi connectivity index (χ0) is 10.4. The molecule has 0 nitrogen and oxygen atoms in total. The molecule has 0 spiro atoms. The topological polar surface area (TPSA) is 0 Å². The first-order chi connectivity index (χ1) is 6.73. The van der Waals surface area contributed by atoms with E-state index in [1.165, 1.54) is 37.3 Å². The van der Waals surface area contributed by atoms with Crippen molar-refractivity contribution in [2.45, 2.75) is 39.5 Å². The lowest BCUT2D eigenvalue weighted by Crippen LogP contribution is -2.12. The lowest BCUT2D eigenvalue weighted by molar-refractivity contribution is 0.424. The van der Waals surface area contributed by atoms with Crippen molar-refractivity contribution in [3.05, 3.63) is 36.2 Å². The molecule has 0 aliphatic heterocycles. The van der Waals surface area contributed by atoms with E-state index in [1.807, 2.05) is 19.1 Å². The Kier molecular flexibility index (Phi) is 4.12. The SMILES string of the molecule is C\C=C/C(=C\C=C\F)C1(C)CCCC1. The van der Waals surface area contributed by atoms with Gasteiger partial charge in [0.2, 0.25) is 0 Å². The van der Waals surface area contributed by atoms with E-state index in [0.29, 0.717) is 6.33 Å². The average Bonchev–Trinajstić information content (AvgIpc) is 2.60. The highest BCUT2D eigenvalue weighted by Crippen LogP contribution is 2.44. The summed E-state index contributed by atoms with van der Waals surface area (Å²) in [6.07, 6.45) is 13.2. The minimum atomic E-state index is 0.270. The fourth-order valence-corrected chi connectivity index (χ4v) is 2.22. The minimum absolute atomic E-state index is 0.270. The van der Waals surface area contributed by atoms with Gasteiger partial charge >= 0.3 is 0 Å². The van der Waals surface area contributed by atoms with Gasteiger partial charge in [-0.2, -0.15) is 0 Å². The Morgan fingerprint density at radius 1 is 1.29 bits per heavy atom. The molecule has 0 unspecified atom stereocenters. The molecule has 0 radical (unpaired) electrons. The van der Waals surface area contributed by atoms with Gasteiger partial charge in [-0.25, -0.2) is 4.39 Å². The van der Waals surface area contributed by atoms with Crippen LogP contribution in [-0.4, -0.2) is 0 Å². The molecule has 1 aliphatic rings. The third-order valence-corrected chi connectivity index (χ3v) is 3.10. The van der Waals surface area contributed by atoms with Crippen LogP contribution in [0.2, 0.25) is 0 Å². The second kappa shape index (κ2) is 5.14. The second-order valence-corrected chi connectivity index (χ2v) is 4.21. The van der Waals surface area contributed by atoms with Gasteiger partial charge in [0.1, 0.15) is 0 Å². The van der Waals surface area contributed by atoms with E-state index < -0.39 is 0 Å². The predicted molar refractivity (Wildman–Crippen MR) is 59.7 cm³/mol. The van der Waals surface area contributed by atoms with Crippen LogP contribution in [0, 0.1) is 5.41 Å². The number of allylic oxidation sites excluding steroid dienone is 5. The maximum absolute atomic E-state index is 12.0. The summed E-state index contributed by atoms with van der Waals surface area (Å²) in [4.78, 5) is 0. The van der Waals surface area contributed by atoms with E-state index in [-0.39, 0.29) is 5.41 Å². The Morgan fingerprint density at radius 3 is 2.43 bits per heavy atom. The highest BCUT2D eigenvalue weighted by molar-refractivity contribution is 5.30. The highest BCUT2D eigenvalue weighted by atomic mass is 19.1. The fraction of sp³-hybridized carbons (Fsp3) is 0.538. The van der Waals surface area contributed by atoms with Crippen LogP contribution in [0.25, 0.3) is 0 Å². The normalized spacial score (nSPS) is 22.6. The minimum Gasteiger partial charge on any atom is -0.216 e. The van der Waals surface area contributed by atoms with Gasteiger partial charge in [-0.05, 0) is 36.8 Å². The van der Waals surface area contributed by atoms with Crippen LogP contribution in [0.1, 0.15) is 39.5 Å². The number of halogens is 1. The Morgan fingerprint density at radius 2 is 1.93 bits per heavy atom. The number of hydrogen-bond acceptors (Lipinski definition) is 0. The molecule has 0 saturated heterocycles. The quantitative estimate of drug-likeness (QED) is 0.578. The first kappa shape index (κ1) is 11.2. The predicted octanol–water partition coefficient (Wildman–Crippen LogP) is 4.55. The molecule has 0 amide bonds. The highest BCUT2D eigenvalue weighted by Gasteiger charge is 2.30. The largest absolute Gasteiger partial charge is 0.216 e. The zero-order valence-electron chi connectivity index (χ0n) is 9.09. The fourth-order valence-electron chi connectivity index (χ4n) is 2.22. The van der Waals surface area contributed by atoms with Crippen LogP contribution in [0.4, 0.5) is 4.39 Å². The van der Waals surface area contributed by atoms with Crippen molar-refractivity contribution in [2.24, 2.45) is 5.41 Å². The summed E-state index contributed by atoms with van der Waals surface area (Å²) in [5, 5.41) is 0. The number of rotatable bonds is 3. The number of hydrogen-bond donors (Lipinski definition) is 0. The zero-order valence-corrected chi connectivity index (χ0v) is 9.09. The molecule has 14 heavy (non-hydrogen) atoms. The molecular weight excluding hydrogens is 175 g/mol. The summed E-state index contributed by atoms with van der Waals surface area (Å²) in [5.74, 6) is 0. The smallest absolute Gasteiger partial charge is 0.0867 e. The lowest BCUT2D eigenvalue weighted by Gasteiger charge is -2.25. The maximum atomic E-state index is 12.0. The summed E-state index contributed by atoms with van der Waals surface area (Å²) in [7, 11) is 0. The molecule has 0 bridgehead atoms. The summed E-state index contributed by atoms with van der Waals surface area (Å²) in [5.41, 5.74) is 1.53. The summed E-state index contributed by atoms with van der Waals surface area (Å²) in [6, 6.07) is 0. The van der Waals surface area contributed by atoms with E-state index in [4.69, 9.17) is 0 Å². The van der Waals surface area contributed by atoms with E-state index in [9.17, 15) is 4.39 Å². The van der Waals surface area contributed by atoms with E-state index in [2.05, 4.69) is 13.0 Å². The van der Waals surface area contributed by atoms with Crippen LogP contribution < -0.4 is 0 Å². The van der Waals surface area contributed by atoms with Crippen molar-refractivity contribution in [3.8, 4) is 0 Å². The molecule has 78 valence electrons. The van der Waals surface area contributed by atoms with Crippen LogP contribution in [-0.2, 0) is 0 Å². The first-order valence-electron chi connectivity index (χ1n) is 5.33. The van der Waals surface area contributed by atoms with Gasteiger partial charge < -0.3 is 0 Å². The molecule has 1 fully saturated rings. The van der Waals surface area contributed by atoms with Crippen molar-refractivity contribution < 1.29 is 4.39 Å². The van der Waals surface area contributed by atoms with Crippen LogP contribution in [0.3, 0.4) is 0 Å².